The highest BCUT2D eigenvalue weighted by atomic mass is 16.1. The predicted molar refractivity (Wildman–Crippen MR) is 84.8 cm³/mol. The second kappa shape index (κ2) is 9.35. The summed E-state index contributed by atoms with van der Waals surface area (Å²) in [6.07, 6.45) is 5.27. The van der Waals surface area contributed by atoms with Crippen molar-refractivity contribution >= 4 is 5.91 Å². The number of likely N-dealkylation sites (N-methyl/N-ethyl adjacent to an activating group) is 1. The first-order valence-electron chi connectivity index (χ1n) is 8.12. The Labute approximate surface area is 124 Å². The third-order valence-electron chi connectivity index (χ3n) is 3.89. The number of rotatable bonds is 8. The molecule has 1 fully saturated rings. The molecule has 0 aromatic heterocycles. The zero-order valence-corrected chi connectivity index (χ0v) is 13.7. The Kier molecular flexibility index (Phi) is 8.15. The van der Waals surface area contributed by atoms with Gasteiger partial charge in [-0.25, -0.2) is 0 Å². The molecule has 0 aliphatic carbocycles. The van der Waals surface area contributed by atoms with Crippen molar-refractivity contribution < 1.29 is 4.79 Å². The first-order valence-corrected chi connectivity index (χ1v) is 8.12. The van der Waals surface area contributed by atoms with Crippen molar-refractivity contribution in [3.8, 4) is 0 Å². The molecular formula is C16H33N3O. The van der Waals surface area contributed by atoms with Gasteiger partial charge in [0.1, 0.15) is 0 Å². The number of hydrogen-bond acceptors (Lipinski definition) is 3. The van der Waals surface area contributed by atoms with Gasteiger partial charge in [-0.2, -0.15) is 0 Å². The van der Waals surface area contributed by atoms with Crippen LogP contribution in [-0.4, -0.2) is 50.6 Å². The van der Waals surface area contributed by atoms with Crippen molar-refractivity contribution in [1.29, 1.82) is 0 Å². The molecule has 1 aliphatic rings. The molecule has 0 bridgehead atoms. The average molecular weight is 283 g/mol. The molecule has 20 heavy (non-hydrogen) atoms. The van der Waals surface area contributed by atoms with Crippen LogP contribution in [0.1, 0.15) is 46.0 Å². The highest BCUT2D eigenvalue weighted by molar-refractivity contribution is 5.76. The minimum Gasteiger partial charge on any atom is -0.352 e. The maximum absolute atomic E-state index is 12.1. The summed E-state index contributed by atoms with van der Waals surface area (Å²) in [7, 11) is 4.13. The summed E-state index contributed by atoms with van der Waals surface area (Å²) >= 11 is 0. The van der Waals surface area contributed by atoms with Crippen LogP contribution in [0.5, 0.6) is 0 Å². The largest absolute Gasteiger partial charge is 0.352 e. The smallest absolute Gasteiger partial charge is 0.220 e. The predicted octanol–water partition coefficient (Wildman–Crippen LogP) is 1.86. The number of amides is 1. The second-order valence-corrected chi connectivity index (χ2v) is 6.91. The van der Waals surface area contributed by atoms with Crippen molar-refractivity contribution in [2.45, 2.75) is 52.0 Å². The van der Waals surface area contributed by atoms with Gasteiger partial charge in [0, 0.05) is 19.0 Å². The van der Waals surface area contributed by atoms with Gasteiger partial charge in [0.15, 0.2) is 0 Å². The Morgan fingerprint density at radius 3 is 2.70 bits per heavy atom. The molecule has 2 unspecified atom stereocenters. The molecule has 0 saturated carbocycles. The standard InChI is InChI=1S/C16H33N3O/c1-13(2)10-15(12-19(3)4)18-16(20)8-7-14-6-5-9-17-11-14/h13-15,17H,5-12H2,1-4H3,(H,18,20). The average Bonchev–Trinajstić information content (AvgIpc) is 2.36. The summed E-state index contributed by atoms with van der Waals surface area (Å²) in [5, 5.41) is 6.63. The zero-order chi connectivity index (χ0) is 15.0. The SMILES string of the molecule is CC(C)CC(CN(C)C)NC(=O)CCC1CCCNC1. The number of carbonyl (C=O) groups excluding carboxylic acids is 1. The van der Waals surface area contributed by atoms with Gasteiger partial charge in [-0.1, -0.05) is 13.8 Å². The van der Waals surface area contributed by atoms with Crippen LogP contribution in [0.4, 0.5) is 0 Å². The van der Waals surface area contributed by atoms with E-state index >= 15 is 0 Å². The fraction of sp³-hybridized carbons (Fsp3) is 0.938. The molecule has 2 atom stereocenters. The quantitative estimate of drug-likeness (QED) is 0.714. The fourth-order valence-electron chi connectivity index (χ4n) is 2.99. The van der Waals surface area contributed by atoms with Crippen LogP contribution in [-0.2, 0) is 4.79 Å². The molecule has 1 rings (SSSR count). The number of carbonyl (C=O) groups is 1. The lowest BCUT2D eigenvalue weighted by Crippen LogP contribution is -2.42. The van der Waals surface area contributed by atoms with E-state index in [2.05, 4.69) is 43.5 Å². The lowest BCUT2D eigenvalue weighted by Gasteiger charge is -2.25. The summed E-state index contributed by atoms with van der Waals surface area (Å²) in [5.74, 6) is 1.53. The normalized spacial score (nSPS) is 21.2. The zero-order valence-electron chi connectivity index (χ0n) is 13.7. The third kappa shape index (κ3) is 7.85. The highest BCUT2D eigenvalue weighted by Gasteiger charge is 2.17. The third-order valence-corrected chi connectivity index (χ3v) is 3.89. The minimum absolute atomic E-state index is 0.225. The first kappa shape index (κ1) is 17.4. The summed E-state index contributed by atoms with van der Waals surface area (Å²) in [6.45, 7) is 7.57. The molecule has 1 heterocycles. The molecule has 0 aromatic rings. The number of piperidine rings is 1. The second-order valence-electron chi connectivity index (χ2n) is 6.91. The lowest BCUT2D eigenvalue weighted by atomic mass is 9.94. The van der Waals surface area contributed by atoms with Crippen molar-refractivity contribution in [1.82, 2.24) is 15.5 Å². The van der Waals surface area contributed by atoms with E-state index in [1.165, 1.54) is 12.8 Å². The van der Waals surface area contributed by atoms with Crippen molar-refractivity contribution in [2.24, 2.45) is 11.8 Å². The van der Waals surface area contributed by atoms with E-state index in [9.17, 15) is 4.79 Å². The molecule has 118 valence electrons. The van der Waals surface area contributed by atoms with Crippen molar-refractivity contribution in [3.05, 3.63) is 0 Å². The van der Waals surface area contributed by atoms with Gasteiger partial charge in [0.05, 0.1) is 0 Å². The maximum atomic E-state index is 12.1. The van der Waals surface area contributed by atoms with E-state index in [0.717, 1.165) is 32.5 Å². The molecule has 4 nitrogen and oxygen atoms in total. The number of nitrogens with zero attached hydrogens (tertiary/aromatic N) is 1. The molecule has 0 radical (unpaired) electrons. The molecule has 4 heteroatoms. The van der Waals surface area contributed by atoms with E-state index < -0.39 is 0 Å². The van der Waals surface area contributed by atoms with E-state index in [1.807, 2.05) is 0 Å². The van der Waals surface area contributed by atoms with Crippen LogP contribution >= 0.6 is 0 Å². The van der Waals surface area contributed by atoms with Crippen molar-refractivity contribution in [2.75, 3.05) is 33.7 Å². The van der Waals surface area contributed by atoms with Gasteiger partial charge in [0.2, 0.25) is 5.91 Å². The number of hydrogen-bond donors (Lipinski definition) is 2. The van der Waals surface area contributed by atoms with Crippen LogP contribution in [0.2, 0.25) is 0 Å². The van der Waals surface area contributed by atoms with Gasteiger partial charge in [-0.05, 0) is 64.7 Å². The molecule has 1 saturated heterocycles. The number of nitrogens with one attached hydrogen (secondary N) is 2. The van der Waals surface area contributed by atoms with Gasteiger partial charge in [0.25, 0.3) is 0 Å². The summed E-state index contributed by atoms with van der Waals surface area (Å²) in [6, 6.07) is 0.280. The first-order chi connectivity index (χ1) is 9.47. The van der Waals surface area contributed by atoms with Crippen molar-refractivity contribution in [3.63, 3.8) is 0 Å². The van der Waals surface area contributed by atoms with Crippen LogP contribution in [0, 0.1) is 11.8 Å². The monoisotopic (exact) mass is 283 g/mol. The molecule has 0 aromatic carbocycles. The van der Waals surface area contributed by atoms with Crippen LogP contribution < -0.4 is 10.6 Å². The van der Waals surface area contributed by atoms with Gasteiger partial charge >= 0.3 is 0 Å². The Hall–Kier alpha value is -0.610. The van der Waals surface area contributed by atoms with E-state index in [-0.39, 0.29) is 11.9 Å². The topological polar surface area (TPSA) is 44.4 Å². The van der Waals surface area contributed by atoms with Gasteiger partial charge < -0.3 is 15.5 Å². The molecule has 2 N–H and O–H groups in total. The Balaban J connectivity index is 2.28. The molecule has 1 aliphatic heterocycles. The van der Waals surface area contributed by atoms with Crippen LogP contribution in [0.3, 0.4) is 0 Å². The highest BCUT2D eigenvalue weighted by Crippen LogP contribution is 2.16. The summed E-state index contributed by atoms with van der Waals surface area (Å²) in [4.78, 5) is 14.3. The summed E-state index contributed by atoms with van der Waals surface area (Å²) < 4.78 is 0. The minimum atomic E-state index is 0.225. The van der Waals surface area contributed by atoms with E-state index in [1.54, 1.807) is 0 Å². The van der Waals surface area contributed by atoms with E-state index in [4.69, 9.17) is 0 Å². The maximum Gasteiger partial charge on any atom is 0.220 e. The van der Waals surface area contributed by atoms with Gasteiger partial charge in [-0.3, -0.25) is 4.79 Å². The van der Waals surface area contributed by atoms with Crippen LogP contribution in [0.25, 0.3) is 0 Å². The van der Waals surface area contributed by atoms with E-state index in [0.29, 0.717) is 18.3 Å². The lowest BCUT2D eigenvalue weighted by molar-refractivity contribution is -0.122. The Bertz CT molecular complexity index is 263. The van der Waals surface area contributed by atoms with Gasteiger partial charge in [-0.15, -0.1) is 0 Å². The molecule has 1 amide bonds. The summed E-state index contributed by atoms with van der Waals surface area (Å²) in [5.41, 5.74) is 0. The Morgan fingerprint density at radius 1 is 1.40 bits per heavy atom. The fourth-order valence-corrected chi connectivity index (χ4v) is 2.99. The Morgan fingerprint density at radius 2 is 2.15 bits per heavy atom. The van der Waals surface area contributed by atoms with Crippen LogP contribution in [0.15, 0.2) is 0 Å². The molecular weight excluding hydrogens is 250 g/mol. The molecule has 0 spiro atoms.